The minimum absolute atomic E-state index is 0.0642. The molecule has 0 saturated heterocycles. The molecule has 0 unspecified atom stereocenters. The summed E-state index contributed by atoms with van der Waals surface area (Å²) in [6.45, 7) is 1.87. The van der Waals surface area contributed by atoms with E-state index in [-0.39, 0.29) is 23.7 Å². The summed E-state index contributed by atoms with van der Waals surface area (Å²) in [4.78, 5) is 44.2. The average molecular weight is 560 g/mol. The van der Waals surface area contributed by atoms with Crippen molar-refractivity contribution in [2.75, 3.05) is 5.88 Å². The summed E-state index contributed by atoms with van der Waals surface area (Å²) in [5, 5.41) is 14.6. The number of carbonyl (C=O) groups excluding carboxylic acids is 2. The number of hydrogen-bond donors (Lipinski definition) is 3. The van der Waals surface area contributed by atoms with Gasteiger partial charge in [-0.2, -0.15) is 0 Å². The van der Waals surface area contributed by atoms with Crippen molar-refractivity contribution in [1.29, 1.82) is 0 Å². The minimum atomic E-state index is -1.13. The highest BCUT2D eigenvalue weighted by Gasteiger charge is 2.52. The van der Waals surface area contributed by atoms with Gasteiger partial charge in [0.15, 0.2) is 0 Å². The first kappa shape index (κ1) is 25.6. The van der Waals surface area contributed by atoms with E-state index in [1.807, 2.05) is 43.3 Å². The molecular weight excluding hydrogens is 526 g/mol. The van der Waals surface area contributed by atoms with Gasteiger partial charge in [-0.25, -0.2) is 4.79 Å². The number of para-hydroxylation sites is 1. The van der Waals surface area contributed by atoms with Crippen LogP contribution in [0.15, 0.2) is 48.5 Å². The molecule has 8 heteroatoms. The SMILES string of the molecule is C[C@]1(c2ccc(C(=O)NC34CC5CC(CC(C5)C3)C4)cc2)c2[nH]c3ccccc3c2C[C@H](C(=O)O)N1C(=O)CCl. The fraction of sp³-hybridized carbons (Fsp3) is 0.469. The Morgan fingerprint density at radius 1 is 1.00 bits per heavy atom. The first-order valence-electron chi connectivity index (χ1n) is 14.3. The molecule has 4 saturated carbocycles. The average Bonchev–Trinajstić information content (AvgIpc) is 3.31. The first-order valence-corrected chi connectivity index (χ1v) is 14.9. The number of nitrogens with zero attached hydrogens (tertiary/aromatic N) is 1. The lowest BCUT2D eigenvalue weighted by Crippen LogP contribution is -2.60. The van der Waals surface area contributed by atoms with Crippen molar-refractivity contribution in [2.24, 2.45) is 17.8 Å². The normalized spacial score (nSPS) is 32.2. The number of amides is 2. The summed E-state index contributed by atoms with van der Waals surface area (Å²) in [6, 6.07) is 14.0. The Morgan fingerprint density at radius 2 is 1.62 bits per heavy atom. The molecular formula is C32H34ClN3O4. The third-order valence-corrected chi connectivity index (χ3v) is 10.5. The van der Waals surface area contributed by atoms with E-state index in [1.54, 1.807) is 12.1 Å². The fourth-order valence-electron chi connectivity index (χ4n) is 9.04. The van der Waals surface area contributed by atoms with E-state index in [0.717, 1.165) is 64.7 Å². The van der Waals surface area contributed by atoms with E-state index in [2.05, 4.69) is 10.3 Å². The van der Waals surface area contributed by atoms with Gasteiger partial charge in [0.1, 0.15) is 17.5 Å². The molecule has 2 amide bonds. The lowest BCUT2D eigenvalue weighted by molar-refractivity contribution is -0.155. The molecule has 3 aromatic rings. The Hall–Kier alpha value is -3.32. The number of aliphatic carboxylic acids is 1. The predicted octanol–water partition coefficient (Wildman–Crippen LogP) is 5.21. The van der Waals surface area contributed by atoms with Crippen LogP contribution in [0.2, 0.25) is 0 Å². The van der Waals surface area contributed by atoms with Crippen LogP contribution in [0.4, 0.5) is 0 Å². The van der Waals surface area contributed by atoms with Crippen LogP contribution in [0.25, 0.3) is 10.9 Å². The van der Waals surface area contributed by atoms with Gasteiger partial charge >= 0.3 is 5.97 Å². The van der Waals surface area contributed by atoms with Crippen molar-refractivity contribution in [1.82, 2.24) is 15.2 Å². The lowest BCUT2D eigenvalue weighted by atomic mass is 9.53. The maximum atomic E-state index is 13.5. The molecule has 3 N–H and O–H groups in total. The Labute approximate surface area is 238 Å². The molecule has 0 spiro atoms. The van der Waals surface area contributed by atoms with Crippen LogP contribution in [-0.4, -0.2) is 50.2 Å². The topological polar surface area (TPSA) is 102 Å². The Balaban J connectivity index is 1.26. The molecule has 2 aromatic carbocycles. The van der Waals surface area contributed by atoms with Crippen LogP contribution in [-0.2, 0) is 21.5 Å². The van der Waals surface area contributed by atoms with E-state index in [9.17, 15) is 19.5 Å². The molecule has 1 aromatic heterocycles. The first-order chi connectivity index (χ1) is 19.2. The van der Waals surface area contributed by atoms with E-state index >= 15 is 0 Å². The molecule has 5 aliphatic rings. The van der Waals surface area contributed by atoms with Gasteiger partial charge in [-0.05, 0) is 92.5 Å². The highest BCUT2D eigenvalue weighted by atomic mass is 35.5. The quantitative estimate of drug-likeness (QED) is 0.374. The molecule has 208 valence electrons. The van der Waals surface area contributed by atoms with Crippen LogP contribution >= 0.6 is 11.6 Å². The van der Waals surface area contributed by atoms with Crippen molar-refractivity contribution >= 4 is 40.3 Å². The highest BCUT2D eigenvalue weighted by Crippen LogP contribution is 2.55. The van der Waals surface area contributed by atoms with Crippen molar-refractivity contribution in [2.45, 2.75) is 69.0 Å². The van der Waals surface area contributed by atoms with Gasteiger partial charge in [0.05, 0.1) is 0 Å². The third kappa shape index (κ3) is 3.80. The number of nitrogens with one attached hydrogen (secondary N) is 2. The van der Waals surface area contributed by atoms with Gasteiger partial charge in [0.2, 0.25) is 5.91 Å². The number of carboxylic acid groups (broad SMARTS) is 1. The van der Waals surface area contributed by atoms with Gasteiger partial charge in [0, 0.05) is 34.1 Å². The largest absolute Gasteiger partial charge is 0.480 e. The zero-order valence-electron chi connectivity index (χ0n) is 22.6. The zero-order valence-corrected chi connectivity index (χ0v) is 23.3. The number of hydrogen-bond acceptors (Lipinski definition) is 3. The summed E-state index contributed by atoms with van der Waals surface area (Å²) in [5.41, 5.74) is 2.61. The van der Waals surface area contributed by atoms with E-state index < -0.39 is 23.5 Å². The number of alkyl halides is 1. The van der Waals surface area contributed by atoms with Crippen molar-refractivity contribution in [3.05, 3.63) is 70.9 Å². The molecule has 2 atom stereocenters. The second-order valence-electron chi connectivity index (χ2n) is 12.8. The summed E-state index contributed by atoms with van der Waals surface area (Å²) in [7, 11) is 0. The summed E-state index contributed by atoms with van der Waals surface area (Å²) in [5.74, 6) is 0.276. The number of benzene rings is 2. The van der Waals surface area contributed by atoms with E-state index in [4.69, 9.17) is 11.6 Å². The molecule has 40 heavy (non-hydrogen) atoms. The van der Waals surface area contributed by atoms with Gasteiger partial charge in [-0.3, -0.25) is 9.59 Å². The molecule has 8 rings (SSSR count). The number of carboxylic acids is 1. The zero-order chi connectivity index (χ0) is 27.8. The number of rotatable bonds is 5. The molecule has 4 aliphatic carbocycles. The summed E-state index contributed by atoms with van der Waals surface area (Å²) >= 11 is 6.04. The van der Waals surface area contributed by atoms with Gasteiger partial charge in [-0.15, -0.1) is 11.6 Å². The predicted molar refractivity (Wildman–Crippen MR) is 152 cm³/mol. The molecule has 1 aliphatic heterocycles. The smallest absolute Gasteiger partial charge is 0.326 e. The maximum Gasteiger partial charge on any atom is 0.326 e. The summed E-state index contributed by atoms with van der Waals surface area (Å²) in [6.07, 6.45) is 7.36. The molecule has 7 nitrogen and oxygen atoms in total. The maximum absolute atomic E-state index is 13.5. The number of aromatic nitrogens is 1. The van der Waals surface area contributed by atoms with Gasteiger partial charge < -0.3 is 20.3 Å². The third-order valence-electron chi connectivity index (χ3n) is 10.3. The van der Waals surface area contributed by atoms with Crippen molar-refractivity contribution < 1.29 is 19.5 Å². The van der Waals surface area contributed by atoms with Gasteiger partial charge in [-0.1, -0.05) is 30.3 Å². The standard InChI is InChI=1S/C32H34ClN3O4/c1-31(28-24(23-4-2-3-5-25(23)34-28)13-26(30(39)40)36(31)27(37)17-33)22-8-6-21(7-9-22)29(38)35-32-14-18-10-19(15-32)12-20(11-18)16-32/h2-9,18-20,26,34H,10-17H2,1H3,(H,35,38)(H,39,40)/t18?,19?,20?,26-,31+,32?/m1/s1. The monoisotopic (exact) mass is 559 g/mol. The number of H-pyrrole nitrogens is 1. The Kier molecular flexibility index (Phi) is 5.83. The Bertz CT molecular complexity index is 1490. The van der Waals surface area contributed by atoms with Crippen molar-refractivity contribution in [3.63, 3.8) is 0 Å². The number of carbonyl (C=O) groups is 3. The summed E-state index contributed by atoms with van der Waals surface area (Å²) < 4.78 is 0. The Morgan fingerprint density at radius 3 is 2.23 bits per heavy atom. The van der Waals surface area contributed by atoms with Gasteiger partial charge in [0.25, 0.3) is 5.91 Å². The second-order valence-corrected chi connectivity index (χ2v) is 13.0. The number of halogens is 1. The molecule has 0 radical (unpaired) electrons. The van der Waals surface area contributed by atoms with Crippen LogP contribution in [0, 0.1) is 17.8 Å². The fourth-order valence-corrected chi connectivity index (χ4v) is 9.16. The number of fused-ring (bicyclic) bond motifs is 3. The van der Waals surface area contributed by atoms with Crippen LogP contribution in [0.5, 0.6) is 0 Å². The molecule has 4 bridgehead atoms. The minimum Gasteiger partial charge on any atom is -0.480 e. The van der Waals surface area contributed by atoms with E-state index in [1.165, 1.54) is 24.2 Å². The van der Waals surface area contributed by atoms with Crippen LogP contribution in [0.1, 0.15) is 72.6 Å². The van der Waals surface area contributed by atoms with Crippen molar-refractivity contribution in [3.8, 4) is 0 Å². The lowest BCUT2D eigenvalue weighted by Gasteiger charge is -2.56. The molecule has 2 heterocycles. The van der Waals surface area contributed by atoms with Crippen LogP contribution < -0.4 is 5.32 Å². The second kappa shape index (κ2) is 9.10. The van der Waals surface area contributed by atoms with E-state index in [0.29, 0.717) is 5.56 Å². The molecule has 4 fully saturated rings. The highest BCUT2D eigenvalue weighted by molar-refractivity contribution is 6.27. The number of aromatic amines is 1. The van der Waals surface area contributed by atoms with Crippen LogP contribution in [0.3, 0.4) is 0 Å².